The van der Waals surface area contributed by atoms with Crippen LogP contribution in [0.5, 0.6) is 0 Å². The van der Waals surface area contributed by atoms with Crippen LogP contribution in [0, 0.1) is 10.8 Å². The molecule has 0 fully saturated rings. The number of rotatable bonds is 6. The quantitative estimate of drug-likeness (QED) is 0.755. The topological polar surface area (TPSA) is 80.4 Å². The van der Waals surface area contributed by atoms with E-state index >= 15 is 0 Å². The maximum Gasteiger partial charge on any atom is 0.303 e. The molecule has 4 nitrogen and oxygen atoms in total. The van der Waals surface area contributed by atoms with Crippen LogP contribution in [0.1, 0.15) is 60.8 Å². The highest BCUT2D eigenvalue weighted by molar-refractivity contribution is 5.74. The summed E-state index contributed by atoms with van der Waals surface area (Å²) >= 11 is 0. The van der Waals surface area contributed by atoms with Crippen LogP contribution in [0.3, 0.4) is 0 Å². The molecule has 0 spiro atoms. The summed E-state index contributed by atoms with van der Waals surface area (Å²) < 4.78 is 0. The first-order valence-electron chi connectivity index (χ1n) is 6.04. The van der Waals surface area contributed by atoms with Gasteiger partial charge in [0.2, 0.25) is 5.91 Å². The van der Waals surface area contributed by atoms with Crippen molar-refractivity contribution in [3.05, 3.63) is 0 Å². The molecule has 0 aromatic carbocycles. The van der Waals surface area contributed by atoms with E-state index in [9.17, 15) is 9.59 Å². The van der Waals surface area contributed by atoms with Crippen molar-refractivity contribution in [2.75, 3.05) is 0 Å². The predicted molar refractivity (Wildman–Crippen MR) is 69.6 cm³/mol. The molecule has 0 radical (unpaired) electrons. The van der Waals surface area contributed by atoms with Crippen LogP contribution >= 0.6 is 0 Å². The number of carboxylic acid groups (broad SMARTS) is 1. The van der Waals surface area contributed by atoms with Gasteiger partial charge in [-0.25, -0.2) is 0 Å². The van der Waals surface area contributed by atoms with Gasteiger partial charge in [-0.2, -0.15) is 0 Å². The number of aliphatic carboxylic acids is 1. The Morgan fingerprint density at radius 1 is 1.00 bits per heavy atom. The first-order chi connectivity index (χ1) is 7.54. The zero-order valence-corrected chi connectivity index (χ0v) is 12.0. The van der Waals surface area contributed by atoms with E-state index in [0.717, 1.165) is 0 Å². The molecule has 3 N–H and O–H groups in total. The minimum absolute atomic E-state index is 0.106. The first kappa shape index (κ1) is 18.3. The third-order valence-corrected chi connectivity index (χ3v) is 2.24. The van der Waals surface area contributed by atoms with Crippen LogP contribution in [0.25, 0.3) is 0 Å². The lowest BCUT2D eigenvalue weighted by Gasteiger charge is -2.33. The van der Waals surface area contributed by atoms with Gasteiger partial charge in [-0.15, -0.1) is 0 Å². The van der Waals surface area contributed by atoms with Crippen molar-refractivity contribution in [3.8, 4) is 0 Å². The summed E-state index contributed by atoms with van der Waals surface area (Å²) in [4.78, 5) is 21.5. The number of carbonyl (C=O) groups excluding carboxylic acids is 1. The lowest BCUT2D eigenvalue weighted by atomic mass is 9.72. The maximum atomic E-state index is 10.8. The van der Waals surface area contributed by atoms with E-state index in [1.54, 1.807) is 0 Å². The van der Waals surface area contributed by atoms with Gasteiger partial charge in [-0.05, 0) is 17.3 Å². The van der Waals surface area contributed by atoms with Crippen molar-refractivity contribution in [3.63, 3.8) is 0 Å². The summed E-state index contributed by atoms with van der Waals surface area (Å²) in [7, 11) is 0. The predicted octanol–water partition coefficient (Wildman–Crippen LogP) is 2.81. The molecule has 1 amide bonds. The number of carboxylic acids is 1. The number of amides is 1. The van der Waals surface area contributed by atoms with Crippen molar-refractivity contribution in [1.29, 1.82) is 0 Å². The number of nitrogens with two attached hydrogens (primary N) is 1. The molecular weight excluding hydrogens is 218 g/mol. The second-order valence-electron chi connectivity index (χ2n) is 5.72. The molecule has 0 atom stereocenters. The second kappa shape index (κ2) is 7.30. The zero-order chi connectivity index (χ0) is 14.3. The fourth-order valence-electron chi connectivity index (χ4n) is 2.30. The Morgan fingerprint density at radius 3 is 1.65 bits per heavy atom. The minimum Gasteiger partial charge on any atom is -0.481 e. The summed E-state index contributed by atoms with van der Waals surface area (Å²) in [6.07, 6.45) is 1.06. The smallest absolute Gasteiger partial charge is 0.303 e. The number of carbonyl (C=O) groups is 2. The van der Waals surface area contributed by atoms with E-state index in [1.165, 1.54) is 0 Å². The fraction of sp³-hybridized carbons (Fsp3) is 0.846. The molecule has 4 heteroatoms. The Morgan fingerprint density at radius 2 is 1.35 bits per heavy atom. The molecule has 0 aliphatic rings. The van der Waals surface area contributed by atoms with Gasteiger partial charge < -0.3 is 10.8 Å². The van der Waals surface area contributed by atoms with Gasteiger partial charge in [0.05, 0.1) is 6.42 Å². The Kier molecular flexibility index (Phi) is 7.86. The van der Waals surface area contributed by atoms with Gasteiger partial charge in [-0.3, -0.25) is 9.59 Å². The van der Waals surface area contributed by atoms with Crippen LogP contribution in [-0.2, 0) is 9.59 Å². The van der Waals surface area contributed by atoms with E-state index in [2.05, 4.69) is 0 Å². The summed E-state index contributed by atoms with van der Waals surface area (Å²) in [6.45, 7) is 11.6. The molecule has 0 rings (SSSR count). The number of hydrogen-bond acceptors (Lipinski definition) is 2. The van der Waals surface area contributed by atoms with Gasteiger partial charge in [0.1, 0.15) is 0 Å². The molecule has 0 unspecified atom stereocenters. The average molecular weight is 245 g/mol. The Labute approximate surface area is 105 Å². The Bertz CT molecular complexity index is 231. The van der Waals surface area contributed by atoms with Crippen LogP contribution in [-0.4, -0.2) is 17.0 Å². The summed E-state index contributed by atoms with van der Waals surface area (Å²) in [5.41, 5.74) is 4.58. The normalized spacial score (nSPS) is 11.4. The highest BCUT2D eigenvalue weighted by Gasteiger charge is 2.31. The first-order valence-corrected chi connectivity index (χ1v) is 6.04. The van der Waals surface area contributed by atoms with Crippen LogP contribution in [0.4, 0.5) is 0 Å². The molecule has 102 valence electrons. The largest absolute Gasteiger partial charge is 0.481 e. The molecule has 0 saturated heterocycles. The van der Waals surface area contributed by atoms with Gasteiger partial charge >= 0.3 is 5.97 Å². The lowest BCUT2D eigenvalue weighted by molar-refractivity contribution is -0.139. The average Bonchev–Trinajstić information content (AvgIpc) is 1.99. The zero-order valence-electron chi connectivity index (χ0n) is 12.0. The van der Waals surface area contributed by atoms with E-state index in [4.69, 9.17) is 10.8 Å². The third-order valence-electron chi connectivity index (χ3n) is 2.24. The summed E-state index contributed by atoms with van der Waals surface area (Å²) in [6, 6.07) is 0. The minimum atomic E-state index is -0.810. The molecule has 0 aliphatic carbocycles. The summed E-state index contributed by atoms with van der Waals surface area (Å²) in [5, 5.41) is 8.74. The van der Waals surface area contributed by atoms with Crippen LogP contribution in [0.2, 0.25) is 0 Å². The highest BCUT2D eigenvalue weighted by Crippen LogP contribution is 2.38. The van der Waals surface area contributed by atoms with Crippen molar-refractivity contribution >= 4 is 11.9 Å². The van der Waals surface area contributed by atoms with Crippen molar-refractivity contribution in [2.24, 2.45) is 16.6 Å². The summed E-state index contributed by atoms with van der Waals surface area (Å²) in [5.74, 6) is -1.15. The standard InChI is InChI=1S/C11H21NO3.C2H6/c1-10(2,5-8(12)13)7-11(3,4)6-9(14)15;1-2/h5-7H2,1-4H3,(H2,12,13)(H,14,15);1-2H3. The molecule has 0 aromatic rings. The third kappa shape index (κ3) is 11.2. The maximum absolute atomic E-state index is 10.8. The molecule has 0 aromatic heterocycles. The lowest BCUT2D eigenvalue weighted by Crippen LogP contribution is -2.29. The van der Waals surface area contributed by atoms with E-state index in [0.29, 0.717) is 6.42 Å². The number of primary amides is 1. The van der Waals surface area contributed by atoms with Crippen LogP contribution < -0.4 is 5.73 Å². The Balaban J connectivity index is 0. The molecule has 0 bridgehead atoms. The second-order valence-corrected chi connectivity index (χ2v) is 5.72. The van der Waals surface area contributed by atoms with Gasteiger partial charge in [-0.1, -0.05) is 41.5 Å². The Hall–Kier alpha value is -1.06. The molecule has 17 heavy (non-hydrogen) atoms. The molecule has 0 aliphatic heterocycles. The monoisotopic (exact) mass is 245 g/mol. The molecular formula is C13H27NO3. The van der Waals surface area contributed by atoms with Crippen molar-refractivity contribution < 1.29 is 14.7 Å². The molecule has 0 saturated carbocycles. The van der Waals surface area contributed by atoms with Crippen molar-refractivity contribution in [1.82, 2.24) is 0 Å². The highest BCUT2D eigenvalue weighted by atomic mass is 16.4. The van der Waals surface area contributed by atoms with E-state index < -0.39 is 5.97 Å². The number of hydrogen-bond donors (Lipinski definition) is 2. The van der Waals surface area contributed by atoms with Gasteiger partial charge in [0, 0.05) is 6.42 Å². The van der Waals surface area contributed by atoms with Crippen molar-refractivity contribution in [2.45, 2.75) is 60.8 Å². The van der Waals surface area contributed by atoms with E-state index in [1.807, 2.05) is 41.5 Å². The van der Waals surface area contributed by atoms with Gasteiger partial charge in [0.25, 0.3) is 0 Å². The fourth-order valence-corrected chi connectivity index (χ4v) is 2.30. The van der Waals surface area contributed by atoms with Gasteiger partial charge in [0.15, 0.2) is 0 Å². The van der Waals surface area contributed by atoms with E-state index in [-0.39, 0.29) is 29.6 Å². The molecule has 0 heterocycles. The SMILES string of the molecule is CC.CC(C)(CC(N)=O)CC(C)(C)CC(=O)O. The van der Waals surface area contributed by atoms with Crippen LogP contribution in [0.15, 0.2) is 0 Å².